The van der Waals surface area contributed by atoms with E-state index in [1.54, 1.807) is 6.92 Å². The molecular weight excluding hydrogens is 142 g/mol. The summed E-state index contributed by atoms with van der Waals surface area (Å²) in [5.74, 6) is -0.0519. The molecule has 0 unspecified atom stereocenters. The van der Waals surface area contributed by atoms with E-state index in [1.807, 2.05) is 6.07 Å². The molecule has 56 valence electrons. The Labute approximate surface area is 63.9 Å². The predicted octanol–water partition coefficient (Wildman–Crippen LogP) is 0.549. The molecule has 4 nitrogen and oxygen atoms in total. The van der Waals surface area contributed by atoms with Gasteiger partial charge in [0.1, 0.15) is 11.8 Å². The number of hydrogen-bond acceptors (Lipinski definition) is 4. The smallest absolute Gasteiger partial charge is 0.159 e. The van der Waals surface area contributed by atoms with Crippen molar-refractivity contribution in [1.82, 2.24) is 4.98 Å². The van der Waals surface area contributed by atoms with Crippen molar-refractivity contribution < 1.29 is 5.11 Å². The first kappa shape index (κ1) is 7.35. The van der Waals surface area contributed by atoms with Crippen molar-refractivity contribution >= 4 is 5.69 Å². The Morgan fingerprint density at radius 2 is 2.36 bits per heavy atom. The summed E-state index contributed by atoms with van der Waals surface area (Å²) in [5.41, 5.74) is 6.14. The Morgan fingerprint density at radius 1 is 1.73 bits per heavy atom. The summed E-state index contributed by atoms with van der Waals surface area (Å²) >= 11 is 0. The monoisotopic (exact) mass is 149 g/mol. The van der Waals surface area contributed by atoms with Crippen molar-refractivity contribution in [1.29, 1.82) is 5.26 Å². The SMILES string of the molecule is Cc1nc(C#N)cc(N)c1O. The first-order valence-corrected chi connectivity index (χ1v) is 3.01. The number of aryl methyl sites for hydroxylation is 1. The van der Waals surface area contributed by atoms with E-state index in [0.717, 1.165) is 0 Å². The fourth-order valence-electron chi connectivity index (χ4n) is 0.748. The second-order valence-corrected chi connectivity index (χ2v) is 2.14. The van der Waals surface area contributed by atoms with Crippen LogP contribution in [-0.2, 0) is 0 Å². The summed E-state index contributed by atoms with van der Waals surface area (Å²) in [6, 6.07) is 3.17. The van der Waals surface area contributed by atoms with Gasteiger partial charge in [0.2, 0.25) is 0 Å². The summed E-state index contributed by atoms with van der Waals surface area (Å²) < 4.78 is 0. The standard InChI is InChI=1S/C7H7N3O/c1-4-7(11)6(9)2-5(3-8)10-4/h2,11H,1H3,(H2,9,10). The second-order valence-electron chi connectivity index (χ2n) is 2.14. The zero-order chi connectivity index (χ0) is 8.43. The Balaban J connectivity index is 3.35. The Hall–Kier alpha value is -1.76. The minimum Gasteiger partial charge on any atom is -0.504 e. The molecule has 0 bridgehead atoms. The molecule has 3 N–H and O–H groups in total. The molecule has 0 aliphatic heterocycles. The third kappa shape index (κ3) is 1.22. The maximum Gasteiger partial charge on any atom is 0.159 e. The number of aromatic nitrogens is 1. The summed E-state index contributed by atoms with van der Waals surface area (Å²) in [6.07, 6.45) is 0. The van der Waals surface area contributed by atoms with Crippen molar-refractivity contribution in [3.05, 3.63) is 17.5 Å². The van der Waals surface area contributed by atoms with Crippen LogP contribution in [0, 0.1) is 18.3 Å². The Bertz CT molecular complexity index is 304. The van der Waals surface area contributed by atoms with E-state index in [2.05, 4.69) is 4.98 Å². The van der Waals surface area contributed by atoms with Gasteiger partial charge in [-0.25, -0.2) is 4.98 Å². The third-order valence-corrected chi connectivity index (χ3v) is 1.31. The molecule has 0 spiro atoms. The maximum atomic E-state index is 9.13. The highest BCUT2D eigenvalue weighted by Gasteiger charge is 2.03. The van der Waals surface area contributed by atoms with Crippen LogP contribution in [0.3, 0.4) is 0 Å². The normalized spacial score (nSPS) is 9.09. The molecule has 1 aromatic rings. The van der Waals surface area contributed by atoms with Crippen LogP contribution in [0.2, 0.25) is 0 Å². The van der Waals surface area contributed by atoms with Crippen LogP contribution < -0.4 is 5.73 Å². The van der Waals surface area contributed by atoms with E-state index in [4.69, 9.17) is 16.1 Å². The zero-order valence-corrected chi connectivity index (χ0v) is 6.00. The number of nitrogen functional groups attached to an aromatic ring is 1. The lowest BCUT2D eigenvalue weighted by Crippen LogP contribution is -1.93. The van der Waals surface area contributed by atoms with Gasteiger partial charge in [-0.3, -0.25) is 0 Å². The number of aromatic hydroxyl groups is 1. The van der Waals surface area contributed by atoms with Crippen LogP contribution in [0.4, 0.5) is 5.69 Å². The van der Waals surface area contributed by atoms with Crippen LogP contribution >= 0.6 is 0 Å². The summed E-state index contributed by atoms with van der Waals surface area (Å²) in [5, 5.41) is 17.6. The van der Waals surface area contributed by atoms with Gasteiger partial charge in [0.15, 0.2) is 5.75 Å². The maximum absolute atomic E-state index is 9.13. The van der Waals surface area contributed by atoms with Crippen molar-refractivity contribution in [2.45, 2.75) is 6.92 Å². The molecule has 0 fully saturated rings. The van der Waals surface area contributed by atoms with Gasteiger partial charge in [0, 0.05) is 6.07 Å². The molecule has 0 aliphatic carbocycles. The van der Waals surface area contributed by atoms with Crippen molar-refractivity contribution in [2.75, 3.05) is 5.73 Å². The lowest BCUT2D eigenvalue weighted by atomic mass is 10.2. The van der Waals surface area contributed by atoms with Gasteiger partial charge in [0.25, 0.3) is 0 Å². The van der Waals surface area contributed by atoms with Gasteiger partial charge in [-0.2, -0.15) is 5.26 Å². The average Bonchev–Trinajstić information content (AvgIpc) is 1.99. The second kappa shape index (κ2) is 2.46. The van der Waals surface area contributed by atoms with Gasteiger partial charge < -0.3 is 10.8 Å². The van der Waals surface area contributed by atoms with Crippen LogP contribution in [-0.4, -0.2) is 10.1 Å². The van der Waals surface area contributed by atoms with E-state index in [-0.39, 0.29) is 17.1 Å². The van der Waals surface area contributed by atoms with Crippen molar-refractivity contribution in [3.63, 3.8) is 0 Å². The van der Waals surface area contributed by atoms with Crippen LogP contribution in [0.5, 0.6) is 5.75 Å². The van der Waals surface area contributed by atoms with Crippen molar-refractivity contribution in [3.8, 4) is 11.8 Å². The van der Waals surface area contributed by atoms with Crippen molar-refractivity contribution in [2.24, 2.45) is 0 Å². The van der Waals surface area contributed by atoms with E-state index >= 15 is 0 Å². The molecule has 0 aliphatic rings. The van der Waals surface area contributed by atoms with Gasteiger partial charge in [0.05, 0.1) is 11.4 Å². The lowest BCUT2D eigenvalue weighted by molar-refractivity contribution is 0.470. The minimum atomic E-state index is -0.0519. The Kier molecular flexibility index (Phi) is 1.65. The molecule has 0 atom stereocenters. The fraction of sp³-hybridized carbons (Fsp3) is 0.143. The molecule has 0 aromatic carbocycles. The van der Waals surface area contributed by atoms with Gasteiger partial charge in [-0.05, 0) is 6.92 Å². The van der Waals surface area contributed by atoms with E-state index < -0.39 is 0 Å². The third-order valence-electron chi connectivity index (χ3n) is 1.31. The molecule has 1 aromatic heterocycles. The highest BCUT2D eigenvalue weighted by molar-refractivity contribution is 5.55. The quantitative estimate of drug-likeness (QED) is 0.564. The van der Waals surface area contributed by atoms with E-state index in [9.17, 15) is 0 Å². The largest absolute Gasteiger partial charge is 0.504 e. The van der Waals surface area contributed by atoms with E-state index in [0.29, 0.717) is 5.69 Å². The number of rotatable bonds is 0. The fourth-order valence-corrected chi connectivity index (χ4v) is 0.748. The first-order valence-electron chi connectivity index (χ1n) is 3.01. The van der Waals surface area contributed by atoms with Gasteiger partial charge in [-0.15, -0.1) is 0 Å². The summed E-state index contributed by atoms with van der Waals surface area (Å²) in [4.78, 5) is 3.76. The summed E-state index contributed by atoms with van der Waals surface area (Å²) in [7, 11) is 0. The lowest BCUT2D eigenvalue weighted by Gasteiger charge is -2.00. The van der Waals surface area contributed by atoms with Crippen LogP contribution in [0.15, 0.2) is 6.07 Å². The molecular formula is C7H7N3O. The highest BCUT2D eigenvalue weighted by Crippen LogP contribution is 2.22. The summed E-state index contributed by atoms with van der Waals surface area (Å²) in [6.45, 7) is 1.59. The molecule has 0 amide bonds. The number of nitriles is 1. The molecule has 11 heavy (non-hydrogen) atoms. The van der Waals surface area contributed by atoms with Crippen LogP contribution in [0.1, 0.15) is 11.4 Å². The molecule has 1 rings (SSSR count). The number of nitrogens with zero attached hydrogens (tertiary/aromatic N) is 2. The number of hydrogen-bond donors (Lipinski definition) is 2. The Morgan fingerprint density at radius 3 is 2.82 bits per heavy atom. The predicted molar refractivity (Wildman–Crippen MR) is 39.8 cm³/mol. The highest BCUT2D eigenvalue weighted by atomic mass is 16.3. The molecule has 1 heterocycles. The van der Waals surface area contributed by atoms with Gasteiger partial charge in [-0.1, -0.05) is 0 Å². The topological polar surface area (TPSA) is 82.9 Å². The van der Waals surface area contributed by atoms with Gasteiger partial charge >= 0.3 is 0 Å². The molecule has 4 heteroatoms. The average molecular weight is 149 g/mol. The molecule has 0 saturated heterocycles. The molecule has 0 radical (unpaired) electrons. The number of pyridine rings is 1. The first-order chi connectivity index (χ1) is 5.15. The zero-order valence-electron chi connectivity index (χ0n) is 6.00. The van der Waals surface area contributed by atoms with E-state index in [1.165, 1.54) is 6.07 Å². The van der Waals surface area contributed by atoms with Crippen LogP contribution in [0.25, 0.3) is 0 Å². The minimum absolute atomic E-state index is 0.0519. The molecule has 0 saturated carbocycles. The number of nitrogens with two attached hydrogens (primary N) is 1. The number of anilines is 1.